The van der Waals surface area contributed by atoms with Crippen molar-refractivity contribution in [1.29, 1.82) is 0 Å². The lowest BCUT2D eigenvalue weighted by molar-refractivity contribution is 0.673. The highest BCUT2D eigenvalue weighted by Gasteiger charge is 2.24. The van der Waals surface area contributed by atoms with Gasteiger partial charge in [0.15, 0.2) is 11.2 Å². The molecule has 3 nitrogen and oxygen atoms in total. The van der Waals surface area contributed by atoms with Crippen LogP contribution in [-0.4, -0.2) is 4.57 Å². The molecule has 2 aromatic heterocycles. The van der Waals surface area contributed by atoms with E-state index in [2.05, 4.69) is 191 Å². The molecule has 0 radical (unpaired) electrons. The average Bonchev–Trinajstić information content (AvgIpc) is 3.71. The van der Waals surface area contributed by atoms with Crippen LogP contribution in [-0.2, 0) is 0 Å². The largest absolute Gasteiger partial charge is 0.451 e. The summed E-state index contributed by atoms with van der Waals surface area (Å²) >= 11 is 0. The molecule has 0 bridgehead atoms. The summed E-state index contributed by atoms with van der Waals surface area (Å²) in [4.78, 5) is 2.34. The minimum atomic E-state index is 0.855. The summed E-state index contributed by atoms with van der Waals surface area (Å²) in [6, 6.07) is 64.8. The molecule has 3 heteroatoms. The van der Waals surface area contributed by atoms with Gasteiger partial charge in [0.1, 0.15) is 5.52 Å². The zero-order valence-corrected chi connectivity index (χ0v) is 26.6. The number of benzene rings is 8. The summed E-state index contributed by atoms with van der Waals surface area (Å²) in [5.74, 6) is 0. The van der Waals surface area contributed by atoms with Crippen LogP contribution in [0.3, 0.4) is 0 Å². The molecule has 49 heavy (non-hydrogen) atoms. The molecule has 0 atom stereocenters. The summed E-state index contributed by atoms with van der Waals surface area (Å²) < 4.78 is 9.33. The van der Waals surface area contributed by atoms with E-state index < -0.39 is 0 Å². The van der Waals surface area contributed by atoms with Gasteiger partial charge in [0.25, 0.3) is 0 Å². The molecule has 8 aromatic carbocycles. The van der Waals surface area contributed by atoms with Gasteiger partial charge in [-0.15, -0.1) is 0 Å². The van der Waals surface area contributed by atoms with E-state index in [1.165, 1.54) is 32.7 Å². The maximum absolute atomic E-state index is 7.00. The van der Waals surface area contributed by atoms with E-state index in [0.29, 0.717) is 0 Å². The van der Waals surface area contributed by atoms with Gasteiger partial charge in [0.2, 0.25) is 0 Å². The van der Waals surface area contributed by atoms with Crippen molar-refractivity contribution in [2.45, 2.75) is 0 Å². The Morgan fingerprint density at radius 1 is 0.408 bits per heavy atom. The summed E-state index contributed by atoms with van der Waals surface area (Å²) in [6.45, 7) is 0. The first-order chi connectivity index (χ1) is 24.3. The quantitative estimate of drug-likeness (QED) is 0.177. The summed E-state index contributed by atoms with van der Waals surface area (Å²) in [7, 11) is 0. The molecule has 0 fully saturated rings. The van der Waals surface area contributed by atoms with Gasteiger partial charge in [0.05, 0.1) is 11.2 Å². The van der Waals surface area contributed by atoms with Crippen LogP contribution in [0, 0.1) is 0 Å². The van der Waals surface area contributed by atoms with Crippen LogP contribution in [0.15, 0.2) is 186 Å². The van der Waals surface area contributed by atoms with Gasteiger partial charge in [-0.25, -0.2) is 0 Å². The molecule has 2 heterocycles. The number of aromatic nitrogens is 1. The van der Waals surface area contributed by atoms with Crippen molar-refractivity contribution in [3.05, 3.63) is 182 Å². The third-order valence-corrected chi connectivity index (χ3v) is 9.76. The van der Waals surface area contributed by atoms with Crippen LogP contribution in [0.4, 0.5) is 17.1 Å². The van der Waals surface area contributed by atoms with Gasteiger partial charge >= 0.3 is 0 Å². The van der Waals surface area contributed by atoms with Crippen molar-refractivity contribution >= 4 is 71.6 Å². The fourth-order valence-corrected chi connectivity index (χ4v) is 7.50. The number of para-hydroxylation sites is 3. The van der Waals surface area contributed by atoms with Gasteiger partial charge < -0.3 is 13.9 Å². The maximum atomic E-state index is 7.00. The third kappa shape index (κ3) is 4.37. The van der Waals surface area contributed by atoms with Crippen molar-refractivity contribution in [2.75, 3.05) is 4.90 Å². The zero-order valence-electron chi connectivity index (χ0n) is 26.6. The minimum Gasteiger partial charge on any atom is -0.451 e. The lowest BCUT2D eigenvalue weighted by atomic mass is 10.0. The van der Waals surface area contributed by atoms with Gasteiger partial charge in [-0.2, -0.15) is 0 Å². The molecular formula is C46H30N2O. The standard InChI is InChI=1S/C46H30N2O/c1-3-12-31(13-4-1)32-24-26-36(27-25-32)47(37-28-29-39-34(30-37)23-22-33-14-7-8-17-38(33)39)43-21-11-19-41-44-46(49-45(41)43)40-18-9-10-20-42(40)48(44)35-15-5-2-6-16-35/h1-30H. The van der Waals surface area contributed by atoms with Crippen LogP contribution in [0.1, 0.15) is 0 Å². The summed E-state index contributed by atoms with van der Waals surface area (Å²) in [5, 5.41) is 7.11. The lowest BCUT2D eigenvalue weighted by Crippen LogP contribution is -2.10. The molecule has 0 saturated heterocycles. The van der Waals surface area contributed by atoms with Crippen molar-refractivity contribution in [3.63, 3.8) is 0 Å². The number of anilines is 3. The van der Waals surface area contributed by atoms with Gasteiger partial charge in [-0.3, -0.25) is 0 Å². The molecule has 10 rings (SSSR count). The number of rotatable bonds is 5. The van der Waals surface area contributed by atoms with E-state index in [-0.39, 0.29) is 0 Å². The molecule has 0 spiro atoms. The minimum absolute atomic E-state index is 0.855. The summed E-state index contributed by atoms with van der Waals surface area (Å²) in [5.41, 5.74) is 10.6. The number of nitrogens with zero attached hydrogens (tertiary/aromatic N) is 2. The van der Waals surface area contributed by atoms with E-state index >= 15 is 0 Å². The molecule has 0 unspecified atom stereocenters. The highest BCUT2D eigenvalue weighted by molar-refractivity contribution is 6.19. The van der Waals surface area contributed by atoms with Crippen LogP contribution < -0.4 is 4.90 Å². The Labute approximate surface area is 283 Å². The van der Waals surface area contributed by atoms with E-state index in [0.717, 1.165) is 55.7 Å². The Balaban J connectivity index is 1.23. The molecule has 0 aliphatic rings. The van der Waals surface area contributed by atoms with E-state index in [9.17, 15) is 0 Å². The van der Waals surface area contributed by atoms with Crippen molar-refractivity contribution < 1.29 is 4.42 Å². The highest BCUT2D eigenvalue weighted by atomic mass is 16.3. The molecule has 0 amide bonds. The zero-order chi connectivity index (χ0) is 32.3. The lowest BCUT2D eigenvalue weighted by Gasteiger charge is -2.26. The van der Waals surface area contributed by atoms with E-state index in [1.807, 2.05) is 0 Å². The Hall–Kier alpha value is -6.58. The first kappa shape index (κ1) is 27.5. The van der Waals surface area contributed by atoms with Crippen LogP contribution in [0.25, 0.3) is 71.3 Å². The Morgan fingerprint density at radius 2 is 1.04 bits per heavy atom. The molecule has 10 aromatic rings. The predicted molar refractivity (Wildman–Crippen MR) is 206 cm³/mol. The molecule has 0 aliphatic carbocycles. The van der Waals surface area contributed by atoms with Gasteiger partial charge in [-0.05, 0) is 93.3 Å². The molecular weight excluding hydrogens is 597 g/mol. The number of fused-ring (bicyclic) bond motifs is 8. The first-order valence-corrected chi connectivity index (χ1v) is 16.7. The number of hydrogen-bond donors (Lipinski definition) is 0. The van der Waals surface area contributed by atoms with Crippen molar-refractivity contribution in [1.82, 2.24) is 4.57 Å². The second-order valence-corrected chi connectivity index (χ2v) is 12.6. The Morgan fingerprint density at radius 3 is 1.88 bits per heavy atom. The first-order valence-electron chi connectivity index (χ1n) is 16.7. The van der Waals surface area contributed by atoms with Crippen LogP contribution in [0.2, 0.25) is 0 Å². The normalized spacial score (nSPS) is 11.7. The fraction of sp³-hybridized carbons (Fsp3) is 0. The highest BCUT2D eigenvalue weighted by Crippen LogP contribution is 2.46. The topological polar surface area (TPSA) is 21.3 Å². The van der Waals surface area contributed by atoms with Crippen molar-refractivity contribution in [2.24, 2.45) is 0 Å². The monoisotopic (exact) mass is 626 g/mol. The molecule has 0 aliphatic heterocycles. The average molecular weight is 627 g/mol. The fourth-order valence-electron chi connectivity index (χ4n) is 7.50. The number of hydrogen-bond acceptors (Lipinski definition) is 2. The maximum Gasteiger partial charge on any atom is 0.161 e. The van der Waals surface area contributed by atoms with E-state index in [1.54, 1.807) is 0 Å². The van der Waals surface area contributed by atoms with Gasteiger partial charge in [0, 0.05) is 27.8 Å². The Kier molecular flexibility index (Phi) is 6.18. The molecule has 0 saturated carbocycles. The predicted octanol–water partition coefficient (Wildman–Crippen LogP) is 13.0. The molecule has 230 valence electrons. The third-order valence-electron chi connectivity index (χ3n) is 9.76. The SMILES string of the molecule is c1ccc(-c2ccc(N(c3ccc4c(ccc5ccccc54)c3)c3cccc4c3oc3c5ccccc5n(-c5ccccc5)c43)cc2)cc1. The van der Waals surface area contributed by atoms with Gasteiger partial charge in [-0.1, -0.05) is 121 Å². The second kappa shape index (κ2) is 11.0. The molecule has 0 N–H and O–H groups in total. The second-order valence-electron chi connectivity index (χ2n) is 12.6. The number of furan rings is 1. The van der Waals surface area contributed by atoms with Crippen LogP contribution >= 0.6 is 0 Å². The summed E-state index contributed by atoms with van der Waals surface area (Å²) in [6.07, 6.45) is 0. The van der Waals surface area contributed by atoms with Crippen molar-refractivity contribution in [3.8, 4) is 16.8 Å². The smallest absolute Gasteiger partial charge is 0.161 e. The van der Waals surface area contributed by atoms with E-state index in [4.69, 9.17) is 4.42 Å². The Bertz CT molecular complexity index is 2810. The van der Waals surface area contributed by atoms with Crippen LogP contribution in [0.5, 0.6) is 0 Å².